The Balaban J connectivity index is 1.69. The van der Waals surface area contributed by atoms with E-state index in [1.807, 2.05) is 55.1 Å². The van der Waals surface area contributed by atoms with Crippen molar-refractivity contribution >= 4 is 5.91 Å². The zero-order valence-electron chi connectivity index (χ0n) is 19.4. The molecule has 4 rings (SSSR count). The summed E-state index contributed by atoms with van der Waals surface area (Å²) in [5, 5.41) is 7.45. The fourth-order valence-corrected chi connectivity index (χ4v) is 3.55. The maximum Gasteiger partial charge on any atom is 0.251 e. The van der Waals surface area contributed by atoms with Gasteiger partial charge < -0.3 is 5.32 Å². The first-order chi connectivity index (χ1) is 15.9. The highest BCUT2D eigenvalue weighted by Gasteiger charge is 2.15. The third kappa shape index (κ3) is 5.49. The number of rotatable bonds is 7. The van der Waals surface area contributed by atoms with Gasteiger partial charge in [0.05, 0.1) is 35.5 Å². The summed E-state index contributed by atoms with van der Waals surface area (Å²) in [7, 11) is 0. The molecule has 168 valence electrons. The van der Waals surface area contributed by atoms with Gasteiger partial charge in [-0.25, -0.2) is 0 Å². The SMILES string of the molecule is Cc1ccc(-c2cc(C(=O)NCc3cnc(C)cn3)cc(-c3ccnn3CC(C)C)c2)nc1. The van der Waals surface area contributed by atoms with Gasteiger partial charge >= 0.3 is 0 Å². The predicted molar refractivity (Wildman–Crippen MR) is 128 cm³/mol. The molecule has 1 amide bonds. The average Bonchev–Trinajstić information content (AvgIpc) is 3.26. The lowest BCUT2D eigenvalue weighted by Crippen LogP contribution is -2.23. The summed E-state index contributed by atoms with van der Waals surface area (Å²) in [5.41, 5.74) is 6.78. The van der Waals surface area contributed by atoms with E-state index in [0.29, 0.717) is 23.7 Å². The average molecular weight is 441 g/mol. The highest BCUT2D eigenvalue weighted by Crippen LogP contribution is 2.28. The Bertz CT molecular complexity index is 1240. The highest BCUT2D eigenvalue weighted by atomic mass is 16.1. The molecule has 0 unspecified atom stereocenters. The molecule has 0 aliphatic carbocycles. The summed E-state index contributed by atoms with van der Waals surface area (Å²) in [5.74, 6) is 0.270. The zero-order valence-corrected chi connectivity index (χ0v) is 19.4. The van der Waals surface area contributed by atoms with Crippen LogP contribution in [0.1, 0.15) is 41.2 Å². The van der Waals surface area contributed by atoms with E-state index >= 15 is 0 Å². The largest absolute Gasteiger partial charge is 0.346 e. The van der Waals surface area contributed by atoms with E-state index in [1.165, 1.54) is 0 Å². The summed E-state index contributed by atoms with van der Waals surface area (Å²) in [4.78, 5) is 26.2. The Kier molecular flexibility index (Phi) is 6.58. The number of amides is 1. The summed E-state index contributed by atoms with van der Waals surface area (Å²) >= 11 is 0. The lowest BCUT2D eigenvalue weighted by Gasteiger charge is -2.13. The second-order valence-electron chi connectivity index (χ2n) is 8.64. The number of nitrogens with one attached hydrogen (secondary N) is 1. The Morgan fingerprint density at radius 3 is 2.48 bits per heavy atom. The smallest absolute Gasteiger partial charge is 0.251 e. The fraction of sp³-hybridized carbons (Fsp3) is 0.269. The minimum absolute atomic E-state index is 0.178. The van der Waals surface area contributed by atoms with Crippen molar-refractivity contribution in [2.24, 2.45) is 5.92 Å². The standard InChI is InChI=1S/C26H28N6O/c1-17(2)16-32-25(7-8-31-32)21-9-20(24-6-5-18(3)12-29-24)10-22(11-21)26(33)30-15-23-14-27-19(4)13-28-23/h5-14,17H,15-16H2,1-4H3,(H,30,33). The van der Waals surface area contributed by atoms with Crippen LogP contribution in [0, 0.1) is 19.8 Å². The van der Waals surface area contributed by atoms with Crippen LogP contribution in [0.5, 0.6) is 0 Å². The fourth-order valence-electron chi connectivity index (χ4n) is 3.55. The van der Waals surface area contributed by atoms with Gasteiger partial charge in [0.1, 0.15) is 0 Å². The molecule has 0 spiro atoms. The third-order valence-corrected chi connectivity index (χ3v) is 5.22. The number of carbonyl (C=O) groups excluding carboxylic acids is 1. The lowest BCUT2D eigenvalue weighted by molar-refractivity contribution is 0.0950. The number of nitrogens with zero attached hydrogens (tertiary/aromatic N) is 5. The molecular weight excluding hydrogens is 412 g/mol. The quantitative estimate of drug-likeness (QED) is 0.454. The van der Waals surface area contributed by atoms with Crippen molar-refractivity contribution in [3.8, 4) is 22.5 Å². The molecule has 0 saturated heterocycles. The molecule has 7 nitrogen and oxygen atoms in total. The third-order valence-electron chi connectivity index (χ3n) is 5.22. The molecule has 33 heavy (non-hydrogen) atoms. The molecule has 0 aliphatic heterocycles. The van der Waals surface area contributed by atoms with Gasteiger partial charge in [0, 0.05) is 41.8 Å². The van der Waals surface area contributed by atoms with Crippen LogP contribution in [0.3, 0.4) is 0 Å². The van der Waals surface area contributed by atoms with Crippen molar-refractivity contribution in [2.45, 2.75) is 40.8 Å². The number of benzene rings is 1. The van der Waals surface area contributed by atoms with Crippen molar-refractivity contribution in [3.63, 3.8) is 0 Å². The first kappa shape index (κ1) is 22.3. The van der Waals surface area contributed by atoms with E-state index in [0.717, 1.165) is 40.3 Å². The van der Waals surface area contributed by atoms with Crippen molar-refractivity contribution < 1.29 is 4.79 Å². The van der Waals surface area contributed by atoms with E-state index in [-0.39, 0.29) is 5.91 Å². The van der Waals surface area contributed by atoms with Crippen LogP contribution < -0.4 is 5.32 Å². The molecule has 0 atom stereocenters. The molecule has 0 aliphatic rings. The van der Waals surface area contributed by atoms with Crippen molar-refractivity contribution in [2.75, 3.05) is 0 Å². The van der Waals surface area contributed by atoms with Gasteiger partial charge in [0.2, 0.25) is 0 Å². The molecule has 0 fully saturated rings. The van der Waals surface area contributed by atoms with Crippen LogP contribution in [-0.4, -0.2) is 30.6 Å². The van der Waals surface area contributed by atoms with Gasteiger partial charge in [-0.3, -0.25) is 24.4 Å². The van der Waals surface area contributed by atoms with Crippen molar-refractivity contribution in [3.05, 3.63) is 83.7 Å². The van der Waals surface area contributed by atoms with Crippen LogP contribution in [0.2, 0.25) is 0 Å². The Labute approximate surface area is 193 Å². The maximum atomic E-state index is 13.1. The number of hydrogen-bond donors (Lipinski definition) is 1. The molecule has 3 aromatic heterocycles. The molecule has 7 heteroatoms. The number of hydrogen-bond acceptors (Lipinski definition) is 5. The molecule has 0 bridgehead atoms. The number of pyridine rings is 1. The van der Waals surface area contributed by atoms with E-state index < -0.39 is 0 Å². The van der Waals surface area contributed by atoms with Crippen LogP contribution in [-0.2, 0) is 13.1 Å². The number of aryl methyl sites for hydroxylation is 2. The normalized spacial score (nSPS) is 11.1. The van der Waals surface area contributed by atoms with E-state index in [9.17, 15) is 4.79 Å². The summed E-state index contributed by atoms with van der Waals surface area (Å²) in [6.45, 7) is 9.30. The lowest BCUT2D eigenvalue weighted by atomic mass is 10.00. The van der Waals surface area contributed by atoms with E-state index in [4.69, 9.17) is 0 Å². The number of aromatic nitrogens is 5. The molecular formula is C26H28N6O. The second-order valence-corrected chi connectivity index (χ2v) is 8.64. The number of carbonyl (C=O) groups is 1. The Morgan fingerprint density at radius 2 is 1.79 bits per heavy atom. The van der Waals surface area contributed by atoms with Crippen molar-refractivity contribution in [1.82, 2.24) is 30.0 Å². The van der Waals surface area contributed by atoms with Crippen LogP contribution >= 0.6 is 0 Å². The molecule has 4 aromatic rings. The molecule has 3 heterocycles. The first-order valence-corrected chi connectivity index (χ1v) is 11.0. The van der Waals surface area contributed by atoms with Gasteiger partial charge in [-0.05, 0) is 55.7 Å². The summed E-state index contributed by atoms with van der Waals surface area (Å²) < 4.78 is 1.98. The van der Waals surface area contributed by atoms with Gasteiger partial charge in [-0.15, -0.1) is 0 Å². The topological polar surface area (TPSA) is 85.6 Å². The van der Waals surface area contributed by atoms with Crippen LogP contribution in [0.4, 0.5) is 0 Å². The molecule has 0 radical (unpaired) electrons. The maximum absolute atomic E-state index is 13.1. The van der Waals surface area contributed by atoms with Gasteiger partial charge in [-0.1, -0.05) is 19.9 Å². The minimum Gasteiger partial charge on any atom is -0.346 e. The summed E-state index contributed by atoms with van der Waals surface area (Å²) in [6, 6.07) is 11.8. The van der Waals surface area contributed by atoms with Gasteiger partial charge in [0.15, 0.2) is 0 Å². The zero-order chi connectivity index (χ0) is 23.4. The highest BCUT2D eigenvalue weighted by molar-refractivity contribution is 5.97. The second kappa shape index (κ2) is 9.73. The summed E-state index contributed by atoms with van der Waals surface area (Å²) in [6.07, 6.45) is 7.00. The van der Waals surface area contributed by atoms with Crippen molar-refractivity contribution in [1.29, 1.82) is 0 Å². The first-order valence-electron chi connectivity index (χ1n) is 11.0. The van der Waals surface area contributed by atoms with Gasteiger partial charge in [-0.2, -0.15) is 5.10 Å². The molecule has 1 N–H and O–H groups in total. The monoisotopic (exact) mass is 440 g/mol. The minimum atomic E-state index is -0.178. The Morgan fingerprint density at radius 1 is 0.970 bits per heavy atom. The van der Waals surface area contributed by atoms with Crippen LogP contribution in [0.25, 0.3) is 22.5 Å². The molecule has 1 aromatic carbocycles. The van der Waals surface area contributed by atoms with E-state index in [2.05, 4.69) is 45.3 Å². The van der Waals surface area contributed by atoms with Gasteiger partial charge in [0.25, 0.3) is 5.91 Å². The van der Waals surface area contributed by atoms with E-state index in [1.54, 1.807) is 18.6 Å². The predicted octanol–water partition coefficient (Wildman–Crippen LogP) is 4.60. The van der Waals surface area contributed by atoms with Crippen LogP contribution in [0.15, 0.2) is 61.2 Å². The molecule has 0 saturated carbocycles. The Hall–Kier alpha value is -3.87.